The number of halogens is 8. The quantitative estimate of drug-likeness (QED) is 0.149. The molecular weight excluding hydrogens is 1480 g/mol. The monoisotopic (exact) mass is 1600 g/mol. The highest BCUT2D eigenvalue weighted by atomic mass is 19.4. The van der Waals surface area contributed by atoms with E-state index in [0.29, 0.717) is 57.8 Å². The normalized spacial score (nSPS) is 33.2. The summed E-state index contributed by atoms with van der Waals surface area (Å²) in [4.78, 5) is 194. The highest BCUT2D eigenvalue weighted by molar-refractivity contribution is 6.01. The molecule has 5 saturated carbocycles. The number of carbonyl (C=O) groups excluding carboxylic acids is 12. The lowest BCUT2D eigenvalue weighted by molar-refractivity contribution is -0.219. The molecule has 0 aromatic heterocycles. The highest BCUT2D eigenvalue weighted by Crippen LogP contribution is 2.46. The molecule has 8 aliphatic rings. The van der Waals surface area contributed by atoms with Crippen LogP contribution in [0.25, 0.3) is 0 Å². The van der Waals surface area contributed by atoms with Crippen molar-refractivity contribution in [3.8, 4) is 0 Å². The number of amides is 12. The molecule has 14 atom stereocenters. The van der Waals surface area contributed by atoms with Crippen molar-refractivity contribution in [2.45, 2.75) is 292 Å². The lowest BCUT2D eigenvalue weighted by Gasteiger charge is -2.46. The summed E-state index contributed by atoms with van der Waals surface area (Å²) in [6.45, 7) is 5.53. The Labute approximate surface area is 654 Å². The number of nitrogens with one attached hydrogen (secondary N) is 3. The zero-order valence-electron chi connectivity index (χ0n) is 67.7. The maximum Gasteiger partial charge on any atom is 0.397 e. The smallest absolute Gasteiger partial charge is 0.377 e. The Bertz CT molecular complexity index is 3310. The summed E-state index contributed by atoms with van der Waals surface area (Å²) in [6.07, 6.45) is -11.6. The van der Waals surface area contributed by atoms with Crippen molar-refractivity contribution in [3.05, 3.63) is 0 Å². The molecule has 3 heterocycles. The number of hydrogen-bond donors (Lipinski definition) is 3. The molecule has 25 nitrogen and oxygen atoms in total. The lowest BCUT2D eigenvalue weighted by Crippen LogP contribution is -2.68. The van der Waals surface area contributed by atoms with E-state index >= 15 is 51.9 Å². The van der Waals surface area contributed by atoms with Crippen LogP contribution in [0.4, 0.5) is 35.1 Å². The van der Waals surface area contributed by atoms with Crippen molar-refractivity contribution in [2.24, 2.45) is 47.3 Å². The second-order valence-corrected chi connectivity index (χ2v) is 34.1. The Morgan fingerprint density at radius 3 is 1.79 bits per heavy atom. The van der Waals surface area contributed by atoms with Crippen molar-refractivity contribution in [2.75, 3.05) is 89.2 Å². The van der Waals surface area contributed by atoms with Gasteiger partial charge in [0.15, 0.2) is 0 Å². The van der Waals surface area contributed by atoms with Crippen LogP contribution in [0.1, 0.15) is 207 Å². The summed E-state index contributed by atoms with van der Waals surface area (Å²) in [5, 5.41) is 8.55. The molecule has 12 amide bonds. The second-order valence-electron chi connectivity index (χ2n) is 34.1. The van der Waals surface area contributed by atoms with E-state index in [2.05, 4.69) is 22.9 Å². The number of likely N-dealkylation sites (N-methyl/N-ethyl adjacent to an activating group) is 7. The summed E-state index contributed by atoms with van der Waals surface area (Å²) >= 11 is 0. The minimum atomic E-state index is -5.21. The van der Waals surface area contributed by atoms with E-state index in [1.165, 1.54) is 80.9 Å². The first-order chi connectivity index (χ1) is 52.6. The zero-order chi connectivity index (χ0) is 82.8. The van der Waals surface area contributed by atoms with Crippen LogP contribution in [0.3, 0.4) is 0 Å². The average molecular weight is 1600 g/mol. The molecule has 1 spiro atoms. The minimum absolute atomic E-state index is 0.0109. The number of fused-ring (bicyclic) bond motifs is 3. The van der Waals surface area contributed by atoms with Crippen molar-refractivity contribution in [1.82, 2.24) is 60.0 Å². The minimum Gasteiger partial charge on any atom is -0.377 e. The van der Waals surface area contributed by atoms with Gasteiger partial charge >= 0.3 is 12.4 Å². The number of ether oxygens (including phenoxy) is 1. The van der Waals surface area contributed by atoms with Gasteiger partial charge in [-0.15, -0.1) is 0 Å². The highest BCUT2D eigenvalue weighted by Gasteiger charge is 2.56. The van der Waals surface area contributed by atoms with Crippen molar-refractivity contribution in [1.29, 1.82) is 0 Å². The average Bonchev–Trinajstić information content (AvgIpc) is 1.24. The predicted octanol–water partition coefficient (Wildman–Crippen LogP) is 7.75. The van der Waals surface area contributed by atoms with Gasteiger partial charge in [0.2, 0.25) is 70.9 Å². The molecule has 634 valence electrons. The summed E-state index contributed by atoms with van der Waals surface area (Å²) in [6, 6.07) is -11.2. The third kappa shape index (κ3) is 21.8. The van der Waals surface area contributed by atoms with E-state index in [4.69, 9.17) is 4.74 Å². The Morgan fingerprint density at radius 2 is 1.21 bits per heavy atom. The molecule has 4 unspecified atom stereocenters. The molecular formula is C79H124F8N12O13. The van der Waals surface area contributed by atoms with Crippen LogP contribution in [0, 0.1) is 47.3 Å². The molecule has 3 aliphatic heterocycles. The van der Waals surface area contributed by atoms with Gasteiger partial charge in [0.1, 0.15) is 72.1 Å². The van der Waals surface area contributed by atoms with Crippen molar-refractivity contribution in [3.63, 3.8) is 0 Å². The molecule has 0 aromatic carbocycles. The van der Waals surface area contributed by atoms with Gasteiger partial charge in [0.25, 0.3) is 0 Å². The fourth-order valence-electron chi connectivity index (χ4n) is 18.9. The summed E-state index contributed by atoms with van der Waals surface area (Å²) in [5.41, 5.74) is -1.69. The third-order valence-corrected chi connectivity index (χ3v) is 26.3. The molecule has 3 saturated heterocycles. The van der Waals surface area contributed by atoms with Gasteiger partial charge in [-0.05, 0) is 152 Å². The van der Waals surface area contributed by atoms with E-state index in [1.807, 2.05) is 6.92 Å². The largest absolute Gasteiger partial charge is 0.397 e. The van der Waals surface area contributed by atoms with E-state index in [0.717, 1.165) is 45.3 Å². The Morgan fingerprint density at radius 1 is 0.589 bits per heavy atom. The van der Waals surface area contributed by atoms with Crippen molar-refractivity contribution >= 4 is 70.9 Å². The van der Waals surface area contributed by atoms with Gasteiger partial charge in [-0.2, -0.15) is 26.3 Å². The number of nitrogens with zero attached hydrogens (tertiary/aromatic N) is 9. The molecule has 0 radical (unpaired) electrons. The van der Waals surface area contributed by atoms with Crippen LogP contribution in [-0.2, 0) is 62.3 Å². The van der Waals surface area contributed by atoms with Gasteiger partial charge < -0.3 is 64.8 Å². The predicted molar refractivity (Wildman–Crippen MR) is 397 cm³/mol. The topological polar surface area (TPSA) is 279 Å². The third-order valence-electron chi connectivity index (χ3n) is 26.3. The summed E-state index contributed by atoms with van der Waals surface area (Å²) in [5.74, 6) is -16.4. The zero-order valence-corrected chi connectivity index (χ0v) is 67.7. The Balaban J connectivity index is 1.21. The van der Waals surface area contributed by atoms with Crippen LogP contribution < -0.4 is 16.0 Å². The summed E-state index contributed by atoms with van der Waals surface area (Å²) < 4.78 is 122. The fraction of sp³-hybridized carbons (Fsp3) is 0.848. The molecule has 3 N–H and O–H groups in total. The number of alkyl halides is 8. The maximum atomic E-state index is 15.7. The van der Waals surface area contributed by atoms with Crippen LogP contribution >= 0.6 is 0 Å². The van der Waals surface area contributed by atoms with E-state index < -0.39 is 230 Å². The second kappa shape index (κ2) is 39.1. The first-order valence-electron chi connectivity index (χ1n) is 41.0. The molecule has 2 bridgehead atoms. The van der Waals surface area contributed by atoms with Gasteiger partial charge in [0, 0.05) is 82.5 Å². The molecule has 0 aromatic rings. The molecule has 112 heavy (non-hydrogen) atoms. The standard InChI is InChI=1S/C79H124F8N12O13/c1-13-46(3)66-74(109)93(8)45-64(102)94(9)57-27-16-15-21-36-98(73(57)108)61(39-48-28-31-52(32-29-48)78(82,83)84)72(107)92(7)44-62(100)88-56(33-30-49-37-54(80)65(55(81)38-49)79(85,86)87)70(105)99-43-53(112-14-2)41-59(99)69(104)90-77(34-22-35-77)76(111)97(12)67(50-24-19-20-25-50)75(110)96(11)60(71(106)91(5)6)42-63(101)95(10)58(68(103)89-66)40-51-26-18-17-23-47(51)4/h46-61,65-67H,13-45H2,1-12H3,(H,88,100)(H,89,103)(H,90,104)/t46-,47?,48?,49?,51?,52?,53+,54?,55?,56-,57-,58-,59-,60-,61-,65?,66-,67-/m0/s1. The van der Waals surface area contributed by atoms with E-state index in [-0.39, 0.29) is 102 Å². The number of rotatable bonds is 13. The SMILES string of the molecule is CCO[C@@H]1C[C@H]2C(=O)NC3(CCC3)C(=O)N(C)[C@@H](C3CCCC3)C(=O)N(C)[C@H](C(=O)N(C)C)CC(=O)N(C)[C@@H](CC3CCCCC3C)C(=O)N[C@@H]([C@@H](C)CC)C(=O)N(C)CC(=O)N(C)[C@H]3CCCCCN(C3=O)[C@@H](CC3CCC(C(F)(F)F)CC3)C(=O)N(C)CC(=O)N[C@@H](CCC3CC(F)C(C(F)(F)F)C(F)C3)C(=O)N2C1. The van der Waals surface area contributed by atoms with Gasteiger partial charge in [-0.25, -0.2) is 8.78 Å². The van der Waals surface area contributed by atoms with Crippen molar-refractivity contribution < 1.29 is 97.4 Å². The van der Waals surface area contributed by atoms with Gasteiger partial charge in [-0.1, -0.05) is 78.6 Å². The van der Waals surface area contributed by atoms with E-state index in [9.17, 15) is 40.7 Å². The van der Waals surface area contributed by atoms with Crippen LogP contribution in [0.15, 0.2) is 0 Å². The maximum absolute atomic E-state index is 15.7. The van der Waals surface area contributed by atoms with Gasteiger partial charge in [-0.3, -0.25) is 57.5 Å². The fourth-order valence-corrected chi connectivity index (χ4v) is 18.9. The van der Waals surface area contributed by atoms with E-state index in [1.54, 1.807) is 13.8 Å². The molecule has 5 aliphatic carbocycles. The molecule has 33 heteroatoms. The van der Waals surface area contributed by atoms with Gasteiger partial charge in [0.05, 0.1) is 31.5 Å². The van der Waals surface area contributed by atoms with Crippen LogP contribution in [0.5, 0.6) is 0 Å². The first-order valence-corrected chi connectivity index (χ1v) is 41.0. The number of hydrogen-bond acceptors (Lipinski definition) is 13. The van der Waals surface area contributed by atoms with Crippen LogP contribution in [-0.4, -0.2) is 289 Å². The first kappa shape index (κ1) is 90.6. The Kier molecular flexibility index (Phi) is 31.6. The van der Waals surface area contributed by atoms with Crippen LogP contribution in [0.2, 0.25) is 0 Å². The molecule has 8 rings (SSSR count). The Hall–Kier alpha value is -6.96. The number of carbonyl (C=O) groups is 12. The summed E-state index contributed by atoms with van der Waals surface area (Å²) in [7, 11) is 11.1. The lowest BCUT2D eigenvalue weighted by atomic mass is 9.74. The molecule has 8 fully saturated rings.